The zero-order valence-electron chi connectivity index (χ0n) is 16.7. The molecule has 2 unspecified atom stereocenters. The minimum absolute atomic E-state index is 0.0280. The van der Waals surface area contributed by atoms with Crippen LogP contribution in [0.3, 0.4) is 0 Å². The predicted octanol–water partition coefficient (Wildman–Crippen LogP) is 4.48. The second-order valence-corrected chi connectivity index (χ2v) is 9.57. The van der Waals surface area contributed by atoms with Gasteiger partial charge in [-0.1, -0.05) is 38.0 Å². The molecule has 0 saturated heterocycles. The van der Waals surface area contributed by atoms with Gasteiger partial charge in [0, 0.05) is 0 Å². The Morgan fingerprint density at radius 2 is 1.73 bits per heavy atom. The van der Waals surface area contributed by atoms with Crippen LogP contribution < -0.4 is 0 Å². The van der Waals surface area contributed by atoms with Gasteiger partial charge < -0.3 is 4.74 Å². The number of esters is 1. The van der Waals surface area contributed by atoms with Crippen molar-refractivity contribution >= 4 is 16.1 Å². The molecule has 26 heavy (non-hydrogen) atoms. The Balaban J connectivity index is 2.78. The van der Waals surface area contributed by atoms with E-state index in [2.05, 4.69) is 13.8 Å². The third-order valence-electron chi connectivity index (χ3n) is 4.08. The molecule has 0 amide bonds. The number of hydrogen-bond acceptors (Lipinski definition) is 5. The van der Waals surface area contributed by atoms with Crippen LogP contribution in [0, 0.1) is 18.8 Å². The number of benzene rings is 1. The summed E-state index contributed by atoms with van der Waals surface area (Å²) in [6.45, 7) is 11.4. The summed E-state index contributed by atoms with van der Waals surface area (Å²) in [5.41, 5.74) is 0.413. The van der Waals surface area contributed by atoms with Gasteiger partial charge in [-0.15, -0.1) is 0 Å². The molecule has 0 aliphatic carbocycles. The molecule has 0 N–H and O–H groups in total. The topological polar surface area (TPSA) is 69.7 Å². The van der Waals surface area contributed by atoms with E-state index < -0.39 is 15.7 Å². The Morgan fingerprint density at radius 3 is 2.23 bits per heavy atom. The van der Waals surface area contributed by atoms with Crippen molar-refractivity contribution < 1.29 is 22.1 Å². The Bertz CT molecular complexity index is 671. The number of ether oxygens (including phenoxy) is 1. The maximum Gasteiger partial charge on any atom is 0.306 e. The van der Waals surface area contributed by atoms with E-state index in [-0.39, 0.29) is 29.8 Å². The molecule has 0 radical (unpaired) electrons. The van der Waals surface area contributed by atoms with Crippen LogP contribution in [0.4, 0.5) is 0 Å². The molecule has 0 aliphatic rings. The fourth-order valence-electron chi connectivity index (χ4n) is 2.52. The fourth-order valence-corrected chi connectivity index (χ4v) is 3.50. The van der Waals surface area contributed by atoms with Crippen LogP contribution >= 0.6 is 0 Å². The van der Waals surface area contributed by atoms with Gasteiger partial charge in [-0.3, -0.25) is 8.98 Å². The minimum atomic E-state index is -3.84. The first-order valence-electron chi connectivity index (χ1n) is 9.11. The molecule has 0 aliphatic heterocycles. The van der Waals surface area contributed by atoms with Crippen molar-refractivity contribution in [3.63, 3.8) is 0 Å². The Labute approximate surface area is 158 Å². The maximum absolute atomic E-state index is 12.4. The zero-order chi connectivity index (χ0) is 20.0. The number of hydrogen-bond donors (Lipinski definition) is 0. The molecule has 6 heteroatoms. The van der Waals surface area contributed by atoms with Gasteiger partial charge in [0.2, 0.25) is 0 Å². The van der Waals surface area contributed by atoms with E-state index in [0.29, 0.717) is 12.3 Å². The van der Waals surface area contributed by atoms with Gasteiger partial charge in [-0.2, -0.15) is 8.42 Å². The molecule has 5 nitrogen and oxygen atoms in total. The second kappa shape index (κ2) is 9.51. The Hall–Kier alpha value is -1.40. The first-order valence-corrected chi connectivity index (χ1v) is 10.5. The van der Waals surface area contributed by atoms with Gasteiger partial charge >= 0.3 is 5.97 Å². The average Bonchev–Trinajstić information content (AvgIpc) is 2.51. The molecular weight excluding hydrogens is 352 g/mol. The summed E-state index contributed by atoms with van der Waals surface area (Å²) in [5.74, 6) is -0.171. The molecule has 0 aromatic heterocycles. The second-order valence-electron chi connectivity index (χ2n) is 7.96. The van der Waals surface area contributed by atoms with Crippen molar-refractivity contribution in [1.82, 2.24) is 0 Å². The lowest BCUT2D eigenvalue weighted by atomic mass is 9.92. The summed E-state index contributed by atoms with van der Waals surface area (Å²) in [4.78, 5) is 12.3. The zero-order valence-corrected chi connectivity index (χ0v) is 17.6. The smallest absolute Gasteiger partial charge is 0.306 e. The average molecular weight is 385 g/mol. The van der Waals surface area contributed by atoms with Gasteiger partial charge in [-0.05, 0) is 58.1 Å². The van der Waals surface area contributed by atoms with Crippen molar-refractivity contribution in [2.24, 2.45) is 11.8 Å². The molecule has 1 rings (SSSR count). The third kappa shape index (κ3) is 8.32. The molecule has 0 heterocycles. The van der Waals surface area contributed by atoms with Gasteiger partial charge in [0.1, 0.15) is 5.60 Å². The van der Waals surface area contributed by atoms with Gasteiger partial charge in [-0.25, -0.2) is 0 Å². The lowest BCUT2D eigenvalue weighted by Crippen LogP contribution is -2.27. The molecular formula is C20H32O5S. The highest BCUT2D eigenvalue weighted by molar-refractivity contribution is 7.86. The van der Waals surface area contributed by atoms with Gasteiger partial charge in [0.25, 0.3) is 10.1 Å². The largest absolute Gasteiger partial charge is 0.460 e. The van der Waals surface area contributed by atoms with E-state index in [9.17, 15) is 13.2 Å². The fraction of sp³-hybridized carbons (Fsp3) is 0.650. The molecule has 1 aromatic rings. The van der Waals surface area contributed by atoms with E-state index in [1.54, 1.807) is 12.1 Å². The molecule has 0 spiro atoms. The van der Waals surface area contributed by atoms with Crippen LogP contribution in [0.1, 0.15) is 59.4 Å². The SMILES string of the molecule is CCC(C)CC(COS(=O)(=O)c1ccc(C)cc1)CC(=O)OC(C)(C)C. The molecule has 2 atom stereocenters. The molecule has 1 aromatic carbocycles. The van der Waals surface area contributed by atoms with Gasteiger partial charge in [0.05, 0.1) is 17.9 Å². The lowest BCUT2D eigenvalue weighted by molar-refractivity contribution is -0.156. The predicted molar refractivity (Wildman–Crippen MR) is 102 cm³/mol. The number of rotatable bonds is 9. The standard InChI is InChI=1S/C20H32O5S/c1-7-15(2)12-17(13-19(21)25-20(4,5)6)14-24-26(22,23)18-10-8-16(3)9-11-18/h8-11,15,17H,7,12-14H2,1-6H3. The van der Waals surface area contributed by atoms with Crippen molar-refractivity contribution in [2.75, 3.05) is 6.61 Å². The van der Waals surface area contributed by atoms with Gasteiger partial charge in [0.15, 0.2) is 0 Å². The van der Waals surface area contributed by atoms with Crippen LogP contribution in [0.25, 0.3) is 0 Å². The van der Waals surface area contributed by atoms with Crippen molar-refractivity contribution in [3.8, 4) is 0 Å². The van der Waals surface area contributed by atoms with Crippen LogP contribution in [-0.4, -0.2) is 26.6 Å². The summed E-state index contributed by atoms with van der Waals surface area (Å²) in [6.07, 6.45) is 1.81. The highest BCUT2D eigenvalue weighted by Crippen LogP contribution is 2.23. The Kier molecular flexibility index (Phi) is 8.28. The number of carbonyl (C=O) groups excluding carboxylic acids is 1. The van der Waals surface area contributed by atoms with Crippen LogP contribution in [0.15, 0.2) is 29.2 Å². The number of carbonyl (C=O) groups is 1. The van der Waals surface area contributed by atoms with E-state index in [4.69, 9.17) is 8.92 Å². The summed E-state index contributed by atoms with van der Waals surface area (Å²) in [6, 6.07) is 6.52. The summed E-state index contributed by atoms with van der Waals surface area (Å²) < 4.78 is 35.4. The molecule has 0 bridgehead atoms. The van der Waals surface area contributed by atoms with E-state index in [0.717, 1.165) is 12.0 Å². The first-order chi connectivity index (χ1) is 11.9. The normalized spacial score (nSPS) is 14.7. The van der Waals surface area contributed by atoms with E-state index in [1.165, 1.54) is 12.1 Å². The summed E-state index contributed by atoms with van der Waals surface area (Å²) >= 11 is 0. The van der Waals surface area contributed by atoms with Crippen molar-refractivity contribution in [3.05, 3.63) is 29.8 Å². The Morgan fingerprint density at radius 1 is 1.15 bits per heavy atom. The number of aryl methyl sites for hydroxylation is 1. The summed E-state index contributed by atoms with van der Waals surface area (Å²) in [7, 11) is -3.84. The maximum atomic E-state index is 12.4. The highest BCUT2D eigenvalue weighted by Gasteiger charge is 2.24. The summed E-state index contributed by atoms with van der Waals surface area (Å²) in [5, 5.41) is 0. The molecule has 0 fully saturated rings. The lowest BCUT2D eigenvalue weighted by Gasteiger charge is -2.23. The van der Waals surface area contributed by atoms with Crippen LogP contribution in [0.5, 0.6) is 0 Å². The first kappa shape index (κ1) is 22.6. The highest BCUT2D eigenvalue weighted by atomic mass is 32.2. The molecule has 0 saturated carbocycles. The molecule has 148 valence electrons. The van der Waals surface area contributed by atoms with Crippen LogP contribution in [0.2, 0.25) is 0 Å². The third-order valence-corrected chi connectivity index (χ3v) is 5.37. The monoisotopic (exact) mass is 384 g/mol. The van der Waals surface area contributed by atoms with E-state index >= 15 is 0 Å². The van der Waals surface area contributed by atoms with Crippen molar-refractivity contribution in [2.45, 2.75) is 71.3 Å². The van der Waals surface area contributed by atoms with Crippen molar-refractivity contribution in [1.29, 1.82) is 0 Å². The minimum Gasteiger partial charge on any atom is -0.460 e. The van der Waals surface area contributed by atoms with E-state index in [1.807, 2.05) is 27.7 Å². The van der Waals surface area contributed by atoms with Crippen LogP contribution in [-0.2, 0) is 23.8 Å². The quantitative estimate of drug-likeness (QED) is 0.464.